The summed E-state index contributed by atoms with van der Waals surface area (Å²) in [7, 11) is 0. The van der Waals surface area contributed by atoms with Crippen molar-refractivity contribution in [2.24, 2.45) is 10.2 Å². The molecule has 0 aliphatic rings. The van der Waals surface area contributed by atoms with E-state index in [0.717, 1.165) is 12.1 Å². The quantitative estimate of drug-likeness (QED) is 0.484. The molecule has 6 nitrogen and oxygen atoms in total. The topological polar surface area (TPSA) is 99.4 Å². The Morgan fingerprint density at radius 3 is 2.12 bits per heavy atom. The smallest absolute Gasteiger partial charge is 0.399 e. The number of nitrogens with zero attached hydrogens (tertiary/aromatic N) is 2. The van der Waals surface area contributed by atoms with Crippen LogP contribution in [0.25, 0.3) is 11.3 Å². The van der Waals surface area contributed by atoms with Crippen LogP contribution in [-0.2, 0) is 6.18 Å². The normalized spacial score (nSPS) is 12.0. The molecule has 0 radical (unpaired) electrons. The zero-order valence-corrected chi connectivity index (χ0v) is 12.6. The van der Waals surface area contributed by atoms with Crippen LogP contribution < -0.4 is 11.3 Å². The third kappa shape index (κ3) is 3.60. The molecule has 0 bridgehead atoms. The first-order valence-electron chi connectivity index (χ1n) is 7.10. The van der Waals surface area contributed by atoms with Gasteiger partial charge in [-0.25, -0.2) is 0 Å². The first-order chi connectivity index (χ1) is 11.8. The average Bonchev–Trinajstić information content (AvgIpc) is 2.94. The predicted octanol–water partition coefficient (Wildman–Crippen LogP) is 4.39. The molecule has 0 saturated carbocycles. The van der Waals surface area contributed by atoms with Crippen LogP contribution >= 0.6 is 0 Å². The monoisotopic (exact) mass is 347 g/mol. The number of hydrogen-bond donors (Lipinski definition) is 3. The fourth-order valence-corrected chi connectivity index (χ4v) is 2.13. The Labute approximate surface area is 139 Å². The van der Waals surface area contributed by atoms with Gasteiger partial charge in [-0.05, 0) is 36.4 Å². The molecule has 0 unspecified atom stereocenters. The highest BCUT2D eigenvalue weighted by atomic mass is 19.4. The van der Waals surface area contributed by atoms with Gasteiger partial charge in [0.1, 0.15) is 0 Å². The minimum absolute atomic E-state index is 0.0182. The zero-order valence-electron chi connectivity index (χ0n) is 12.6. The van der Waals surface area contributed by atoms with E-state index in [0.29, 0.717) is 16.9 Å². The lowest BCUT2D eigenvalue weighted by Crippen LogP contribution is -2.03. The van der Waals surface area contributed by atoms with E-state index in [1.54, 1.807) is 24.3 Å². The lowest BCUT2D eigenvalue weighted by atomic mass is 10.1. The van der Waals surface area contributed by atoms with Crippen molar-refractivity contribution >= 4 is 17.1 Å². The van der Waals surface area contributed by atoms with E-state index in [4.69, 9.17) is 5.73 Å². The Morgan fingerprint density at radius 2 is 1.52 bits per heavy atom. The van der Waals surface area contributed by atoms with Crippen molar-refractivity contribution in [2.75, 3.05) is 5.73 Å². The first-order valence-corrected chi connectivity index (χ1v) is 7.10. The van der Waals surface area contributed by atoms with Gasteiger partial charge in [-0.1, -0.05) is 12.1 Å². The number of hydrogen-bond acceptors (Lipinski definition) is 4. The maximum absolute atomic E-state index is 12.5. The van der Waals surface area contributed by atoms with Gasteiger partial charge in [-0.2, -0.15) is 18.3 Å². The Morgan fingerprint density at radius 1 is 0.880 bits per heavy atom. The van der Waals surface area contributed by atoms with E-state index in [1.165, 1.54) is 12.1 Å². The molecule has 1 aromatic heterocycles. The second-order valence-electron chi connectivity index (χ2n) is 5.17. The molecule has 25 heavy (non-hydrogen) atoms. The largest absolute Gasteiger partial charge is 0.416 e. The van der Waals surface area contributed by atoms with Crippen LogP contribution in [0.4, 0.5) is 30.2 Å². The molecule has 0 fully saturated rings. The van der Waals surface area contributed by atoms with Gasteiger partial charge >= 0.3 is 6.18 Å². The molecule has 0 aliphatic carbocycles. The van der Waals surface area contributed by atoms with E-state index < -0.39 is 17.3 Å². The van der Waals surface area contributed by atoms with E-state index in [1.807, 2.05) is 0 Å². The predicted molar refractivity (Wildman–Crippen MR) is 86.9 cm³/mol. The summed E-state index contributed by atoms with van der Waals surface area (Å²) in [6.07, 6.45) is -4.42. The fourth-order valence-electron chi connectivity index (χ4n) is 2.13. The van der Waals surface area contributed by atoms with Crippen molar-refractivity contribution in [1.29, 1.82) is 0 Å². The van der Waals surface area contributed by atoms with Crippen LogP contribution in [0.2, 0.25) is 0 Å². The molecule has 0 aliphatic heterocycles. The van der Waals surface area contributed by atoms with Gasteiger partial charge in [0.25, 0.3) is 5.56 Å². The molecule has 0 saturated heterocycles. The van der Waals surface area contributed by atoms with Gasteiger partial charge < -0.3 is 5.73 Å². The average molecular weight is 347 g/mol. The number of benzene rings is 2. The maximum atomic E-state index is 12.5. The van der Waals surface area contributed by atoms with Crippen molar-refractivity contribution < 1.29 is 13.2 Å². The van der Waals surface area contributed by atoms with E-state index in [9.17, 15) is 18.0 Å². The molecule has 4 N–H and O–H groups in total. The Bertz CT molecular complexity index is 953. The lowest BCUT2D eigenvalue weighted by Gasteiger charge is -2.05. The van der Waals surface area contributed by atoms with Gasteiger partial charge in [0.15, 0.2) is 5.69 Å². The highest BCUT2D eigenvalue weighted by molar-refractivity contribution is 5.72. The van der Waals surface area contributed by atoms with E-state index >= 15 is 0 Å². The van der Waals surface area contributed by atoms with Crippen molar-refractivity contribution in [3.8, 4) is 11.3 Å². The zero-order chi connectivity index (χ0) is 18.0. The number of H-pyrrole nitrogens is 2. The summed E-state index contributed by atoms with van der Waals surface area (Å²) in [5, 5.41) is 12.8. The third-order valence-corrected chi connectivity index (χ3v) is 3.41. The van der Waals surface area contributed by atoms with Crippen molar-refractivity contribution in [2.45, 2.75) is 6.18 Å². The summed E-state index contributed by atoms with van der Waals surface area (Å²) >= 11 is 0. The molecule has 3 rings (SSSR count). The molecule has 9 heteroatoms. The number of halogens is 3. The summed E-state index contributed by atoms with van der Waals surface area (Å²) in [5.74, 6) is 0. The number of rotatable bonds is 3. The van der Waals surface area contributed by atoms with Crippen molar-refractivity contribution in [3.63, 3.8) is 0 Å². The van der Waals surface area contributed by atoms with Gasteiger partial charge in [-0.15, -0.1) is 5.11 Å². The molecule has 0 amide bonds. The standard InChI is InChI=1S/C16H12F3N5O/c17-16(18,19)10-3-7-12(8-4-10)21-23-14-13(22-24-15(14)25)9-1-5-11(20)6-2-9/h1-8H,20H2,(H2,22,24,25). The maximum Gasteiger partial charge on any atom is 0.416 e. The van der Waals surface area contributed by atoms with Crippen LogP contribution in [-0.4, -0.2) is 10.2 Å². The highest BCUT2D eigenvalue weighted by Crippen LogP contribution is 2.31. The van der Waals surface area contributed by atoms with Crippen LogP contribution in [0.3, 0.4) is 0 Å². The van der Waals surface area contributed by atoms with Gasteiger partial charge in [0.05, 0.1) is 16.9 Å². The fraction of sp³-hybridized carbons (Fsp3) is 0.0625. The SMILES string of the molecule is Nc1ccc(-c2[nH][nH]c(=O)c2N=Nc2ccc(C(F)(F)F)cc2)cc1. The molecule has 1 heterocycles. The molecule has 128 valence electrons. The van der Waals surface area contributed by atoms with Gasteiger partial charge in [-0.3, -0.25) is 15.0 Å². The summed E-state index contributed by atoms with van der Waals surface area (Å²) in [4.78, 5) is 11.9. The Hall–Kier alpha value is -3.36. The Kier molecular flexibility index (Phi) is 4.14. The van der Waals surface area contributed by atoms with Crippen molar-refractivity contribution in [1.82, 2.24) is 10.2 Å². The summed E-state index contributed by atoms with van der Waals surface area (Å²) in [6, 6.07) is 10.9. The molecular formula is C16H12F3N5O. The second kappa shape index (κ2) is 6.27. The van der Waals surface area contributed by atoms with Crippen LogP contribution in [0.5, 0.6) is 0 Å². The Balaban J connectivity index is 1.90. The minimum atomic E-state index is -4.42. The second-order valence-corrected chi connectivity index (χ2v) is 5.17. The number of aromatic amines is 2. The number of anilines is 1. The minimum Gasteiger partial charge on any atom is -0.399 e. The molecule has 2 aromatic carbocycles. The first kappa shape index (κ1) is 16.5. The van der Waals surface area contributed by atoms with Gasteiger partial charge in [0.2, 0.25) is 0 Å². The van der Waals surface area contributed by atoms with Crippen LogP contribution in [0, 0.1) is 0 Å². The van der Waals surface area contributed by atoms with E-state index in [2.05, 4.69) is 20.4 Å². The highest BCUT2D eigenvalue weighted by Gasteiger charge is 2.29. The van der Waals surface area contributed by atoms with Crippen LogP contribution in [0.1, 0.15) is 5.56 Å². The van der Waals surface area contributed by atoms with Gasteiger partial charge in [0, 0.05) is 11.3 Å². The molecule has 3 aromatic rings. The van der Waals surface area contributed by atoms with Crippen LogP contribution in [0.15, 0.2) is 63.6 Å². The number of nitrogens with one attached hydrogen (secondary N) is 2. The molecule has 0 atom stereocenters. The number of alkyl halides is 3. The van der Waals surface area contributed by atoms with E-state index in [-0.39, 0.29) is 11.4 Å². The number of aromatic nitrogens is 2. The number of nitrogen functional groups attached to an aromatic ring is 1. The van der Waals surface area contributed by atoms with Crippen molar-refractivity contribution in [3.05, 3.63) is 64.4 Å². The number of azo groups is 1. The summed E-state index contributed by atoms with van der Waals surface area (Å²) in [5.41, 5.74) is 6.18. The molecular weight excluding hydrogens is 335 g/mol. The lowest BCUT2D eigenvalue weighted by molar-refractivity contribution is -0.137. The third-order valence-electron chi connectivity index (χ3n) is 3.41. The number of nitrogens with two attached hydrogens (primary N) is 1. The molecule has 0 spiro atoms. The summed E-state index contributed by atoms with van der Waals surface area (Å²) < 4.78 is 37.6. The summed E-state index contributed by atoms with van der Waals surface area (Å²) in [6.45, 7) is 0.